The third-order valence-corrected chi connectivity index (χ3v) is 10.4. The molecule has 2 bridgehead atoms. The van der Waals surface area contributed by atoms with Crippen molar-refractivity contribution in [2.75, 3.05) is 25.4 Å². The number of quaternary nitrogens is 1. The highest BCUT2D eigenvalue weighted by atomic mass is 32.2. The molecule has 3 saturated heterocycles. The Morgan fingerprint density at radius 3 is 2.54 bits per heavy atom. The number of fused-ring (bicyclic) bond motifs is 3. The molecule has 1 N–H and O–H groups in total. The Morgan fingerprint density at radius 1 is 1.00 bits per heavy atom. The number of hydrogen-bond donors (Lipinski definition) is 1. The Balaban J connectivity index is 1.19. The monoisotopic (exact) mass is 522 g/mol. The molecule has 2 aromatic carbocycles. The number of benzene rings is 2. The first-order valence-corrected chi connectivity index (χ1v) is 14.9. The van der Waals surface area contributed by atoms with E-state index in [1.54, 1.807) is 23.9 Å². The van der Waals surface area contributed by atoms with Gasteiger partial charge in [-0.25, -0.2) is 4.39 Å². The Morgan fingerprint density at radius 2 is 1.78 bits per heavy atom. The lowest BCUT2D eigenvalue weighted by Crippen LogP contribution is -2.61. The van der Waals surface area contributed by atoms with E-state index in [-0.39, 0.29) is 11.7 Å². The normalized spacial score (nSPS) is 27.7. The van der Waals surface area contributed by atoms with Crippen LogP contribution in [0.4, 0.5) is 4.39 Å². The zero-order valence-corrected chi connectivity index (χ0v) is 22.2. The van der Waals surface area contributed by atoms with Crippen LogP contribution in [0, 0.1) is 23.6 Å². The van der Waals surface area contributed by atoms with Gasteiger partial charge in [0.05, 0.1) is 19.6 Å². The van der Waals surface area contributed by atoms with Crippen molar-refractivity contribution in [3.8, 4) is 0 Å². The average molecular weight is 523 g/mol. The van der Waals surface area contributed by atoms with Gasteiger partial charge in [-0.1, -0.05) is 60.8 Å². The fourth-order valence-corrected chi connectivity index (χ4v) is 8.28. The first-order chi connectivity index (χ1) is 18.0. The summed E-state index contributed by atoms with van der Waals surface area (Å²) in [6, 6.07) is 16.8. The molecule has 0 spiro atoms. The van der Waals surface area contributed by atoms with Gasteiger partial charge in [-0.2, -0.15) is 4.98 Å². The summed E-state index contributed by atoms with van der Waals surface area (Å²) in [7, 11) is 0. The second kappa shape index (κ2) is 10.5. The molecule has 5 nitrogen and oxygen atoms in total. The van der Waals surface area contributed by atoms with E-state index >= 15 is 0 Å². The molecule has 3 aliphatic heterocycles. The van der Waals surface area contributed by atoms with E-state index in [0.29, 0.717) is 17.6 Å². The van der Waals surface area contributed by atoms with E-state index in [1.807, 2.05) is 36.4 Å². The second-order valence-electron chi connectivity index (χ2n) is 11.5. The van der Waals surface area contributed by atoms with Gasteiger partial charge in [0.15, 0.2) is 12.1 Å². The Bertz CT molecular complexity index is 1190. The Kier molecular flexibility index (Phi) is 7.12. The van der Waals surface area contributed by atoms with Crippen molar-refractivity contribution in [1.29, 1.82) is 0 Å². The van der Waals surface area contributed by atoms with Crippen LogP contribution < -0.4 is 0 Å². The van der Waals surface area contributed by atoms with Gasteiger partial charge in [0.2, 0.25) is 5.82 Å². The van der Waals surface area contributed by atoms with Crippen molar-refractivity contribution >= 4 is 11.8 Å². The lowest BCUT2D eigenvalue weighted by atomic mass is 9.73. The molecule has 3 aromatic rings. The Labute approximate surface area is 223 Å². The Hall–Kier alpha value is -2.22. The molecule has 4 heterocycles. The van der Waals surface area contributed by atoms with Crippen LogP contribution in [0.1, 0.15) is 62.2 Å². The van der Waals surface area contributed by atoms with Crippen molar-refractivity contribution < 1.29 is 18.5 Å². The van der Waals surface area contributed by atoms with Crippen molar-refractivity contribution in [3.63, 3.8) is 0 Å². The fraction of sp³-hybridized carbons (Fsp3) is 0.533. The van der Waals surface area contributed by atoms with E-state index in [2.05, 4.69) is 5.16 Å². The average Bonchev–Trinajstić information content (AvgIpc) is 3.41. The van der Waals surface area contributed by atoms with E-state index in [1.165, 1.54) is 25.3 Å². The smallest absolute Gasteiger partial charge is 0.282 e. The first kappa shape index (κ1) is 25.1. The molecule has 0 amide bonds. The van der Waals surface area contributed by atoms with Crippen molar-refractivity contribution in [2.24, 2.45) is 17.8 Å². The molecule has 1 saturated carbocycles. The van der Waals surface area contributed by atoms with Crippen LogP contribution >= 0.6 is 11.8 Å². The molecular weight excluding hydrogens is 485 g/mol. The topological polar surface area (TPSA) is 59.2 Å². The lowest BCUT2D eigenvalue weighted by molar-refractivity contribution is -0.959. The van der Waals surface area contributed by atoms with Gasteiger partial charge >= 0.3 is 0 Å². The summed E-state index contributed by atoms with van der Waals surface area (Å²) in [5.74, 6) is 3.34. The number of aliphatic hydroxyl groups is 1. The largest absolute Gasteiger partial charge is 0.377 e. The molecule has 7 heteroatoms. The van der Waals surface area contributed by atoms with E-state index in [9.17, 15) is 9.50 Å². The molecule has 1 unspecified atom stereocenters. The molecular formula is C30H37FN3O2S+. The number of aromatic nitrogens is 2. The van der Waals surface area contributed by atoms with Crippen molar-refractivity contribution in [2.45, 2.75) is 62.0 Å². The van der Waals surface area contributed by atoms with Gasteiger partial charge in [0, 0.05) is 29.4 Å². The summed E-state index contributed by atoms with van der Waals surface area (Å²) in [6.07, 6.45) is 7.85. The van der Waals surface area contributed by atoms with E-state index < -0.39 is 5.60 Å². The molecule has 4 aliphatic rings. The summed E-state index contributed by atoms with van der Waals surface area (Å²) >= 11 is 1.77. The number of nitrogens with zero attached hydrogens (tertiary/aromatic N) is 3. The van der Waals surface area contributed by atoms with Crippen LogP contribution in [0.25, 0.3) is 0 Å². The fourth-order valence-electron chi connectivity index (χ4n) is 7.13. The zero-order valence-electron chi connectivity index (χ0n) is 21.4. The lowest BCUT2D eigenvalue weighted by Gasteiger charge is -2.52. The molecule has 1 aliphatic carbocycles. The summed E-state index contributed by atoms with van der Waals surface area (Å²) < 4.78 is 20.5. The molecule has 196 valence electrons. The number of thioether (sulfide) groups is 1. The maximum atomic E-state index is 13.6. The second-order valence-corrected chi connectivity index (χ2v) is 12.6. The highest BCUT2D eigenvalue weighted by molar-refractivity contribution is 7.99. The van der Waals surface area contributed by atoms with Crippen LogP contribution in [0.15, 0.2) is 64.0 Å². The summed E-state index contributed by atoms with van der Waals surface area (Å²) in [6.45, 7) is 4.08. The molecule has 0 radical (unpaired) electrons. The van der Waals surface area contributed by atoms with Gasteiger partial charge in [0.25, 0.3) is 5.89 Å². The molecule has 7 rings (SSSR count). The number of rotatable bonds is 8. The zero-order chi connectivity index (χ0) is 25.3. The third-order valence-electron chi connectivity index (χ3n) is 9.19. The molecule has 2 atom stereocenters. The predicted molar refractivity (Wildman–Crippen MR) is 142 cm³/mol. The standard InChI is InChI=1S/C30H37FN3O2S/c31-26-12-7-13-27(18-26)37-21-23-19-34(16-14-22(23)15-17-34)20-28-32-29(33-36-28)30(35,24-8-3-1-4-9-24)25-10-5-2-6-11-25/h1,3-4,7-9,12-13,18,22-23,25,35H,2,5-6,10-11,14-17,19-21H2/q+1/t22?,23-,30?,34?/m0/s1. The minimum atomic E-state index is -1.22. The van der Waals surface area contributed by atoms with E-state index in [0.717, 1.165) is 78.5 Å². The quantitative estimate of drug-likeness (QED) is 0.283. The SMILES string of the molecule is OC(c1ccccc1)(c1noc(C[N+]23CCC(CC2)[C@H](CSc2cccc(F)c2)C3)n1)C1CCCCC1. The number of halogens is 1. The first-order valence-electron chi connectivity index (χ1n) is 13.9. The molecule has 1 aromatic heterocycles. The maximum Gasteiger partial charge on any atom is 0.282 e. The highest BCUT2D eigenvalue weighted by Crippen LogP contribution is 2.44. The van der Waals surface area contributed by atoms with Gasteiger partial charge in [-0.05, 0) is 48.4 Å². The van der Waals surface area contributed by atoms with Gasteiger partial charge in [-0.3, -0.25) is 0 Å². The molecule has 37 heavy (non-hydrogen) atoms. The van der Waals surface area contributed by atoms with Crippen LogP contribution in [0.5, 0.6) is 0 Å². The van der Waals surface area contributed by atoms with Gasteiger partial charge in [-0.15, -0.1) is 11.8 Å². The number of hydrogen-bond acceptors (Lipinski definition) is 5. The van der Waals surface area contributed by atoms with Gasteiger partial charge < -0.3 is 14.1 Å². The summed E-state index contributed by atoms with van der Waals surface area (Å²) in [4.78, 5) is 5.88. The number of piperidine rings is 3. The minimum Gasteiger partial charge on any atom is -0.377 e. The van der Waals surface area contributed by atoms with Crippen molar-refractivity contribution in [1.82, 2.24) is 10.1 Å². The van der Waals surface area contributed by atoms with Crippen LogP contribution in [-0.2, 0) is 12.1 Å². The minimum absolute atomic E-state index is 0.0936. The van der Waals surface area contributed by atoms with Gasteiger partial charge in [0.1, 0.15) is 5.82 Å². The third kappa shape index (κ3) is 5.10. The van der Waals surface area contributed by atoms with E-state index in [4.69, 9.17) is 9.51 Å². The van der Waals surface area contributed by atoms with Crippen LogP contribution in [0.2, 0.25) is 0 Å². The van der Waals surface area contributed by atoms with Crippen LogP contribution in [-0.4, -0.2) is 45.1 Å². The van der Waals surface area contributed by atoms with Crippen LogP contribution in [0.3, 0.4) is 0 Å². The maximum absolute atomic E-state index is 13.6. The molecule has 4 fully saturated rings. The summed E-state index contributed by atoms with van der Waals surface area (Å²) in [5.41, 5.74) is -0.364. The summed E-state index contributed by atoms with van der Waals surface area (Å²) in [5, 5.41) is 16.5. The highest BCUT2D eigenvalue weighted by Gasteiger charge is 2.48. The van der Waals surface area contributed by atoms with Crippen molar-refractivity contribution in [3.05, 3.63) is 77.7 Å². The predicted octanol–water partition coefficient (Wildman–Crippen LogP) is 6.17.